The Balaban J connectivity index is 0.929. The van der Waals surface area contributed by atoms with Crippen LogP contribution in [0.1, 0.15) is 118 Å². The van der Waals surface area contributed by atoms with Crippen molar-refractivity contribution in [2.75, 3.05) is 4.90 Å². The van der Waals surface area contributed by atoms with Crippen LogP contribution >= 0.6 is 0 Å². The quantitative estimate of drug-likeness (QED) is 0.167. The van der Waals surface area contributed by atoms with Gasteiger partial charge in [-0.2, -0.15) is 0 Å². The van der Waals surface area contributed by atoms with Crippen molar-refractivity contribution in [1.82, 2.24) is 0 Å². The van der Waals surface area contributed by atoms with Crippen LogP contribution in [0.25, 0.3) is 44.5 Å². The van der Waals surface area contributed by atoms with Crippen molar-refractivity contribution in [2.45, 2.75) is 94.8 Å². The third kappa shape index (κ3) is 5.55. The summed E-state index contributed by atoms with van der Waals surface area (Å²) in [5.41, 5.74) is 25.2. The maximum absolute atomic E-state index is 2.55. The number of rotatable bonds is 5. The van der Waals surface area contributed by atoms with Crippen molar-refractivity contribution in [2.24, 2.45) is 17.8 Å². The average molecular weight is 866 g/mol. The zero-order chi connectivity index (χ0) is 45.0. The zero-order valence-electron chi connectivity index (χ0n) is 39.7. The Kier molecular flexibility index (Phi) is 8.19. The zero-order valence-corrected chi connectivity index (χ0v) is 39.7. The van der Waals surface area contributed by atoms with Crippen molar-refractivity contribution in [3.05, 3.63) is 220 Å². The van der Waals surface area contributed by atoms with E-state index in [-0.39, 0.29) is 10.8 Å². The molecule has 15 rings (SSSR count). The lowest BCUT2D eigenvalue weighted by Crippen LogP contribution is -2.48. The normalized spacial score (nSPS) is 23.9. The average Bonchev–Trinajstić information content (AvgIpc) is 3.89. The fourth-order valence-corrected chi connectivity index (χ4v) is 15.3. The number of fused-ring (bicyclic) bond motifs is 13. The lowest BCUT2D eigenvalue weighted by atomic mass is 9.48. The molecule has 0 aromatic heterocycles. The molecule has 8 aromatic rings. The summed E-state index contributed by atoms with van der Waals surface area (Å²) in [6, 6.07) is 68.6. The molecule has 0 radical (unpaired) electrons. The van der Waals surface area contributed by atoms with Gasteiger partial charge in [0.1, 0.15) is 0 Å². The van der Waals surface area contributed by atoms with Gasteiger partial charge in [0.05, 0.1) is 5.41 Å². The summed E-state index contributed by atoms with van der Waals surface area (Å²) in [5.74, 6) is 2.85. The smallest absolute Gasteiger partial charge is 0.0726 e. The van der Waals surface area contributed by atoms with E-state index in [0.29, 0.717) is 5.41 Å². The minimum absolute atomic E-state index is 0.00792. The van der Waals surface area contributed by atoms with Crippen molar-refractivity contribution >= 4 is 17.1 Å². The first-order chi connectivity index (χ1) is 32.5. The molecule has 1 spiro atoms. The van der Waals surface area contributed by atoms with Gasteiger partial charge in [0.25, 0.3) is 0 Å². The second-order valence-corrected chi connectivity index (χ2v) is 23.1. The molecular weight excluding hydrogens is 807 g/mol. The van der Waals surface area contributed by atoms with Crippen LogP contribution in [0.15, 0.2) is 176 Å². The molecule has 1 nitrogen and oxygen atoms in total. The minimum Gasteiger partial charge on any atom is -0.310 e. The second-order valence-electron chi connectivity index (χ2n) is 23.1. The summed E-state index contributed by atoms with van der Waals surface area (Å²) < 4.78 is 0. The predicted octanol–water partition coefficient (Wildman–Crippen LogP) is 17.2. The lowest BCUT2D eigenvalue weighted by Gasteiger charge is -2.57. The van der Waals surface area contributed by atoms with E-state index >= 15 is 0 Å². The van der Waals surface area contributed by atoms with E-state index < -0.39 is 5.41 Å². The summed E-state index contributed by atoms with van der Waals surface area (Å²) in [4.78, 5) is 2.53. The van der Waals surface area contributed by atoms with Crippen molar-refractivity contribution in [3.63, 3.8) is 0 Å². The first-order valence-electron chi connectivity index (χ1n) is 25.2. The van der Waals surface area contributed by atoms with Crippen LogP contribution in [0.5, 0.6) is 0 Å². The van der Waals surface area contributed by atoms with E-state index in [2.05, 4.69) is 215 Å². The van der Waals surface area contributed by atoms with Crippen LogP contribution in [-0.4, -0.2) is 0 Å². The third-order valence-electron chi connectivity index (χ3n) is 18.0. The van der Waals surface area contributed by atoms with Crippen LogP contribution < -0.4 is 4.90 Å². The molecule has 0 saturated heterocycles. The molecular formula is C66H59N. The fraction of sp³-hybridized carbons (Fsp3) is 0.273. The molecule has 0 heterocycles. The van der Waals surface area contributed by atoms with Gasteiger partial charge in [-0.15, -0.1) is 0 Å². The van der Waals surface area contributed by atoms with Gasteiger partial charge in [-0.1, -0.05) is 174 Å². The van der Waals surface area contributed by atoms with Crippen LogP contribution in [0.2, 0.25) is 0 Å². The summed E-state index contributed by atoms with van der Waals surface area (Å²) in [6.07, 6.45) is 8.66. The maximum atomic E-state index is 2.55. The SMILES string of the molecule is CC(C)(C)c1ccc2c(c1)C1(c3ccccc3-c3ccc(N(c4ccc(-c5ccc(C67CC8CC(CC(C8)C6)C7)cc5)cc4)c4ccc5c(c4)-c4ccccc4C5(C)C)cc31)c1ccccc1-2. The molecule has 4 fully saturated rings. The largest absolute Gasteiger partial charge is 0.310 e. The summed E-state index contributed by atoms with van der Waals surface area (Å²) >= 11 is 0. The van der Waals surface area contributed by atoms with Crippen LogP contribution in [0.3, 0.4) is 0 Å². The van der Waals surface area contributed by atoms with Gasteiger partial charge in [-0.05, 0) is 193 Å². The lowest BCUT2D eigenvalue weighted by molar-refractivity contribution is -0.00518. The molecule has 8 aromatic carbocycles. The van der Waals surface area contributed by atoms with E-state index in [1.165, 1.54) is 133 Å². The second kappa shape index (κ2) is 13.8. The third-order valence-corrected chi connectivity index (χ3v) is 18.0. The highest BCUT2D eigenvalue weighted by Crippen LogP contribution is 2.64. The Morgan fingerprint density at radius 3 is 1.45 bits per heavy atom. The molecule has 1 heteroatoms. The highest BCUT2D eigenvalue weighted by molar-refractivity contribution is 5.97. The topological polar surface area (TPSA) is 3.24 Å². The molecule has 4 bridgehead atoms. The maximum Gasteiger partial charge on any atom is 0.0726 e. The van der Waals surface area contributed by atoms with E-state index in [4.69, 9.17) is 0 Å². The molecule has 1 unspecified atom stereocenters. The Bertz CT molecular complexity index is 3290. The standard InChI is InChI=1S/C66H59N/c1-63(2,3)47-24-29-54-51-12-7-10-16-59(51)66(61(54)35-47)60-17-11-8-13-52(60)55-30-27-50(37-62(55)66)67(49-28-31-58-56(36-49)53-14-6-9-15-57(53)64(58,4)5)48-25-20-45(21-26-48)44-18-22-46(23-19-44)65-38-41-32-42(39-65)34-43(33-41)40-65/h6-31,35-37,41-43H,32-34,38-40H2,1-5H3. The summed E-state index contributed by atoms with van der Waals surface area (Å²) in [5, 5.41) is 0. The molecule has 67 heavy (non-hydrogen) atoms. The number of benzene rings is 8. The molecule has 1 atom stereocenters. The van der Waals surface area contributed by atoms with E-state index in [0.717, 1.165) is 23.4 Å². The van der Waals surface area contributed by atoms with Gasteiger partial charge in [-0.3, -0.25) is 0 Å². The van der Waals surface area contributed by atoms with E-state index in [9.17, 15) is 0 Å². The highest BCUT2D eigenvalue weighted by Gasteiger charge is 2.53. The Morgan fingerprint density at radius 1 is 0.403 bits per heavy atom. The van der Waals surface area contributed by atoms with E-state index in [1.54, 1.807) is 5.56 Å². The van der Waals surface area contributed by atoms with Crippen molar-refractivity contribution < 1.29 is 0 Å². The molecule has 7 aliphatic rings. The molecule has 0 N–H and O–H groups in total. The van der Waals surface area contributed by atoms with Gasteiger partial charge in [0.15, 0.2) is 0 Å². The number of hydrogen-bond donors (Lipinski definition) is 0. The minimum atomic E-state index is -0.451. The van der Waals surface area contributed by atoms with Gasteiger partial charge in [0, 0.05) is 22.5 Å². The Morgan fingerprint density at radius 2 is 0.851 bits per heavy atom. The first kappa shape index (κ1) is 39.7. The Labute approximate surface area is 397 Å². The molecule has 7 aliphatic carbocycles. The number of hydrogen-bond acceptors (Lipinski definition) is 1. The van der Waals surface area contributed by atoms with E-state index in [1.807, 2.05) is 0 Å². The van der Waals surface area contributed by atoms with Crippen LogP contribution in [-0.2, 0) is 21.7 Å². The molecule has 4 saturated carbocycles. The van der Waals surface area contributed by atoms with Gasteiger partial charge in [-0.25, -0.2) is 0 Å². The van der Waals surface area contributed by atoms with Crippen LogP contribution in [0.4, 0.5) is 17.1 Å². The van der Waals surface area contributed by atoms with Crippen LogP contribution in [0, 0.1) is 17.8 Å². The van der Waals surface area contributed by atoms with Crippen molar-refractivity contribution in [1.29, 1.82) is 0 Å². The molecule has 0 aliphatic heterocycles. The van der Waals surface area contributed by atoms with Crippen molar-refractivity contribution in [3.8, 4) is 44.5 Å². The number of nitrogens with zero attached hydrogens (tertiary/aromatic N) is 1. The molecule has 0 amide bonds. The van der Waals surface area contributed by atoms with Gasteiger partial charge >= 0.3 is 0 Å². The Hall–Kier alpha value is -6.44. The fourth-order valence-electron chi connectivity index (χ4n) is 15.3. The highest BCUT2D eigenvalue weighted by atomic mass is 15.1. The van der Waals surface area contributed by atoms with Gasteiger partial charge in [0.2, 0.25) is 0 Å². The summed E-state index contributed by atoms with van der Waals surface area (Å²) in [6.45, 7) is 11.8. The predicted molar refractivity (Wildman–Crippen MR) is 279 cm³/mol. The number of anilines is 3. The van der Waals surface area contributed by atoms with Gasteiger partial charge < -0.3 is 4.90 Å². The molecule has 328 valence electrons. The summed E-state index contributed by atoms with van der Waals surface area (Å²) in [7, 11) is 0. The monoisotopic (exact) mass is 865 g/mol. The first-order valence-corrected chi connectivity index (χ1v) is 25.2.